The van der Waals surface area contributed by atoms with Gasteiger partial charge in [-0.25, -0.2) is 0 Å². The van der Waals surface area contributed by atoms with Gasteiger partial charge in [0.05, 0.1) is 0 Å². The van der Waals surface area contributed by atoms with E-state index in [2.05, 4.69) is 48.2 Å². The van der Waals surface area contributed by atoms with Crippen LogP contribution in [0.25, 0.3) is 0 Å². The fraction of sp³-hybridized carbons (Fsp3) is 1.00. The zero-order valence-corrected chi connectivity index (χ0v) is 12.1. The lowest BCUT2D eigenvalue weighted by Crippen LogP contribution is -2.28. The van der Waals surface area contributed by atoms with Crippen LogP contribution >= 0.6 is 7.92 Å². The molecule has 0 saturated heterocycles. The Bertz CT molecular complexity index is 146. The van der Waals surface area contributed by atoms with Crippen LogP contribution in [0.2, 0.25) is 0 Å². The molecule has 0 fully saturated rings. The van der Waals surface area contributed by atoms with E-state index >= 15 is 0 Å². The van der Waals surface area contributed by atoms with Crippen molar-refractivity contribution < 1.29 is 0 Å². The van der Waals surface area contributed by atoms with Crippen LogP contribution in [0.4, 0.5) is 0 Å². The first-order valence-corrected chi connectivity index (χ1v) is 8.09. The SMILES string of the molecule is CCCP(C)C(CC)C(C)C(C)(C)C. The van der Waals surface area contributed by atoms with E-state index in [1.807, 2.05) is 0 Å². The van der Waals surface area contributed by atoms with E-state index in [4.69, 9.17) is 0 Å². The number of hydrogen-bond donors (Lipinski definition) is 0. The molecule has 86 valence electrons. The summed E-state index contributed by atoms with van der Waals surface area (Å²) >= 11 is 0. The van der Waals surface area contributed by atoms with E-state index in [0.29, 0.717) is 5.41 Å². The van der Waals surface area contributed by atoms with E-state index in [9.17, 15) is 0 Å². The summed E-state index contributed by atoms with van der Waals surface area (Å²) < 4.78 is 0. The molecule has 14 heavy (non-hydrogen) atoms. The smallest absolute Gasteiger partial charge is 0.0184 e. The third kappa shape index (κ3) is 4.30. The first-order valence-electron chi connectivity index (χ1n) is 6.04. The standard InChI is InChI=1S/C13H29P/c1-8-10-14(7)12(9-2)11(3)13(4,5)6/h11-12H,8-10H2,1-7H3. The van der Waals surface area contributed by atoms with Crippen molar-refractivity contribution in [1.29, 1.82) is 0 Å². The lowest BCUT2D eigenvalue weighted by Gasteiger charge is -2.37. The Morgan fingerprint density at radius 3 is 1.93 bits per heavy atom. The van der Waals surface area contributed by atoms with Crippen molar-refractivity contribution in [3.05, 3.63) is 0 Å². The molecule has 0 spiro atoms. The molecule has 0 aliphatic heterocycles. The van der Waals surface area contributed by atoms with Crippen LogP contribution in [0.1, 0.15) is 54.4 Å². The molecular weight excluding hydrogens is 187 g/mol. The Kier molecular flexibility index (Phi) is 6.30. The Morgan fingerprint density at radius 1 is 1.14 bits per heavy atom. The Balaban J connectivity index is 4.39. The fourth-order valence-corrected chi connectivity index (χ4v) is 5.01. The lowest BCUT2D eigenvalue weighted by atomic mass is 9.79. The molecule has 0 aromatic carbocycles. The van der Waals surface area contributed by atoms with Crippen LogP contribution in [0.5, 0.6) is 0 Å². The molecule has 0 saturated carbocycles. The molecular formula is C13H29P. The van der Waals surface area contributed by atoms with Crippen molar-refractivity contribution in [2.45, 2.75) is 60.0 Å². The van der Waals surface area contributed by atoms with Crippen LogP contribution in [0.15, 0.2) is 0 Å². The van der Waals surface area contributed by atoms with Crippen molar-refractivity contribution in [2.75, 3.05) is 12.8 Å². The van der Waals surface area contributed by atoms with E-state index in [-0.39, 0.29) is 7.92 Å². The van der Waals surface area contributed by atoms with Gasteiger partial charge < -0.3 is 0 Å². The van der Waals surface area contributed by atoms with Gasteiger partial charge in [-0.1, -0.05) is 48.0 Å². The van der Waals surface area contributed by atoms with Crippen molar-refractivity contribution in [1.82, 2.24) is 0 Å². The first kappa shape index (κ1) is 14.4. The Morgan fingerprint density at radius 2 is 1.64 bits per heavy atom. The average Bonchev–Trinajstić information content (AvgIpc) is 2.04. The predicted octanol–water partition coefficient (Wildman–Crippen LogP) is 4.97. The molecule has 0 aliphatic carbocycles. The van der Waals surface area contributed by atoms with Crippen molar-refractivity contribution in [3.63, 3.8) is 0 Å². The molecule has 0 aliphatic rings. The van der Waals surface area contributed by atoms with Gasteiger partial charge in [-0.2, -0.15) is 0 Å². The molecule has 3 atom stereocenters. The average molecular weight is 216 g/mol. The van der Waals surface area contributed by atoms with Crippen molar-refractivity contribution in [2.24, 2.45) is 11.3 Å². The predicted molar refractivity (Wildman–Crippen MR) is 70.7 cm³/mol. The summed E-state index contributed by atoms with van der Waals surface area (Å²) in [6, 6.07) is 0. The van der Waals surface area contributed by atoms with Gasteiger partial charge >= 0.3 is 0 Å². The fourth-order valence-electron chi connectivity index (χ4n) is 2.14. The molecule has 0 heterocycles. The van der Waals surface area contributed by atoms with Crippen molar-refractivity contribution in [3.8, 4) is 0 Å². The summed E-state index contributed by atoms with van der Waals surface area (Å²) in [6.07, 6.45) is 4.17. The van der Waals surface area contributed by atoms with Gasteiger partial charge in [0.2, 0.25) is 0 Å². The molecule has 3 unspecified atom stereocenters. The largest absolute Gasteiger partial charge is 0.106 e. The van der Waals surface area contributed by atoms with Crippen LogP contribution < -0.4 is 0 Å². The third-order valence-electron chi connectivity index (χ3n) is 3.50. The molecule has 0 rings (SSSR count). The summed E-state index contributed by atoms with van der Waals surface area (Å²) in [5, 5.41) is 0. The molecule has 0 amide bonds. The summed E-state index contributed by atoms with van der Waals surface area (Å²) in [7, 11) is 0.252. The van der Waals surface area contributed by atoms with E-state index in [1.54, 1.807) is 0 Å². The third-order valence-corrected chi connectivity index (χ3v) is 6.60. The maximum atomic E-state index is 2.50. The summed E-state index contributed by atoms with van der Waals surface area (Å²) in [5.41, 5.74) is 1.44. The topological polar surface area (TPSA) is 0 Å². The van der Waals surface area contributed by atoms with Gasteiger partial charge in [0.1, 0.15) is 0 Å². The minimum Gasteiger partial charge on any atom is -0.106 e. The second kappa shape index (κ2) is 6.11. The van der Waals surface area contributed by atoms with Gasteiger partial charge in [-0.05, 0) is 36.2 Å². The highest BCUT2D eigenvalue weighted by Gasteiger charge is 2.29. The van der Waals surface area contributed by atoms with Crippen LogP contribution in [-0.2, 0) is 0 Å². The van der Waals surface area contributed by atoms with E-state index in [1.165, 1.54) is 19.0 Å². The molecule has 0 radical (unpaired) electrons. The molecule has 1 heteroatoms. The lowest BCUT2D eigenvalue weighted by molar-refractivity contribution is 0.250. The van der Waals surface area contributed by atoms with E-state index in [0.717, 1.165) is 11.6 Å². The van der Waals surface area contributed by atoms with E-state index < -0.39 is 0 Å². The van der Waals surface area contributed by atoms with Gasteiger partial charge in [-0.15, -0.1) is 7.92 Å². The van der Waals surface area contributed by atoms with Gasteiger partial charge in [0.25, 0.3) is 0 Å². The van der Waals surface area contributed by atoms with Crippen molar-refractivity contribution >= 4 is 7.92 Å². The second-order valence-electron chi connectivity index (χ2n) is 5.61. The second-order valence-corrected chi connectivity index (χ2v) is 8.24. The first-order chi connectivity index (χ1) is 6.34. The minimum atomic E-state index is 0.252. The number of hydrogen-bond acceptors (Lipinski definition) is 0. The highest BCUT2D eigenvalue weighted by Crippen LogP contribution is 2.48. The quantitative estimate of drug-likeness (QED) is 0.569. The minimum absolute atomic E-state index is 0.252. The maximum Gasteiger partial charge on any atom is -0.0184 e. The highest BCUT2D eigenvalue weighted by molar-refractivity contribution is 7.57. The molecule has 0 aromatic heterocycles. The molecule has 0 N–H and O–H groups in total. The molecule has 0 aromatic rings. The maximum absolute atomic E-state index is 2.50. The Hall–Kier alpha value is 0.430. The summed E-state index contributed by atoms with van der Waals surface area (Å²) in [6.45, 7) is 16.8. The molecule has 0 bridgehead atoms. The summed E-state index contributed by atoms with van der Waals surface area (Å²) in [5.74, 6) is 0.857. The summed E-state index contributed by atoms with van der Waals surface area (Å²) in [4.78, 5) is 0. The van der Waals surface area contributed by atoms with Crippen LogP contribution in [-0.4, -0.2) is 18.5 Å². The van der Waals surface area contributed by atoms with Crippen LogP contribution in [0.3, 0.4) is 0 Å². The van der Waals surface area contributed by atoms with Crippen LogP contribution in [0, 0.1) is 11.3 Å². The number of rotatable bonds is 5. The molecule has 0 nitrogen and oxygen atoms in total. The van der Waals surface area contributed by atoms with Gasteiger partial charge in [0, 0.05) is 0 Å². The monoisotopic (exact) mass is 216 g/mol. The normalized spacial score (nSPS) is 19.1. The zero-order chi connectivity index (χ0) is 11.4. The Labute approximate surface area is 92.6 Å². The highest BCUT2D eigenvalue weighted by atomic mass is 31.1. The van der Waals surface area contributed by atoms with Gasteiger partial charge in [0.15, 0.2) is 0 Å². The van der Waals surface area contributed by atoms with Gasteiger partial charge in [-0.3, -0.25) is 0 Å². The zero-order valence-electron chi connectivity index (χ0n) is 11.2.